The largest absolute Gasteiger partial charge is 0.323 e. The molecule has 0 spiro atoms. The molecule has 5 nitrogen and oxygen atoms in total. The summed E-state index contributed by atoms with van der Waals surface area (Å²) in [6.45, 7) is 9.79. The summed E-state index contributed by atoms with van der Waals surface area (Å²) < 4.78 is 0. The number of thiophene rings is 1. The van der Waals surface area contributed by atoms with Gasteiger partial charge in [0.05, 0.1) is 11.4 Å². The predicted molar refractivity (Wildman–Crippen MR) is 164 cm³/mol. The van der Waals surface area contributed by atoms with E-state index in [0.29, 0.717) is 0 Å². The maximum Gasteiger partial charge on any atom is 0.0962 e. The molecule has 0 radical (unpaired) electrons. The number of aryl methyl sites for hydroxylation is 1. The Hall–Kier alpha value is -3.06. The lowest BCUT2D eigenvalue weighted by atomic mass is 10.0. The van der Waals surface area contributed by atoms with Gasteiger partial charge in [0.2, 0.25) is 0 Å². The number of likely N-dealkylation sites (tertiary alicyclic amines) is 1. The molecule has 0 saturated carbocycles. The number of hydrogen-bond acceptors (Lipinski definition) is 5. The minimum atomic E-state index is 0.909. The molecular weight excluding hydrogens is 486 g/mol. The van der Waals surface area contributed by atoms with Gasteiger partial charge in [-0.05, 0) is 75.3 Å². The van der Waals surface area contributed by atoms with Crippen molar-refractivity contribution >= 4 is 17.6 Å². The van der Waals surface area contributed by atoms with Crippen molar-refractivity contribution in [3.8, 4) is 33.0 Å². The number of nitrogens with zero attached hydrogens (tertiary/aromatic N) is 2. The molecule has 0 unspecified atom stereocenters. The van der Waals surface area contributed by atoms with Gasteiger partial charge in [0.25, 0.3) is 0 Å². The van der Waals surface area contributed by atoms with E-state index >= 15 is 0 Å². The molecule has 38 heavy (non-hydrogen) atoms. The lowest BCUT2D eigenvalue weighted by Crippen LogP contribution is -2.29. The number of aromatic amines is 1. The van der Waals surface area contributed by atoms with Crippen LogP contribution < -0.4 is 5.32 Å². The maximum absolute atomic E-state index is 7.41. The van der Waals surface area contributed by atoms with Crippen LogP contribution in [0.5, 0.6) is 0 Å². The second-order valence-electron chi connectivity index (χ2n) is 9.80. The molecule has 1 aliphatic carbocycles. The summed E-state index contributed by atoms with van der Waals surface area (Å²) in [7, 11) is 3.75. The van der Waals surface area contributed by atoms with Crippen LogP contribution in [0.15, 0.2) is 48.5 Å². The van der Waals surface area contributed by atoms with E-state index in [0.717, 1.165) is 35.5 Å². The first-order chi connectivity index (χ1) is 18.6. The predicted octanol–water partition coefficient (Wildman–Crippen LogP) is 7.53. The smallest absolute Gasteiger partial charge is 0.0962 e. The van der Waals surface area contributed by atoms with Gasteiger partial charge in [0.15, 0.2) is 0 Å². The minimum Gasteiger partial charge on any atom is -0.323 e. The third-order valence-corrected chi connectivity index (χ3v) is 8.21. The van der Waals surface area contributed by atoms with Crippen LogP contribution in [-0.4, -0.2) is 48.5 Å². The van der Waals surface area contributed by atoms with E-state index < -0.39 is 0 Å². The molecule has 1 fully saturated rings. The van der Waals surface area contributed by atoms with Gasteiger partial charge in [-0.2, -0.15) is 5.10 Å². The van der Waals surface area contributed by atoms with Gasteiger partial charge in [0, 0.05) is 45.6 Å². The fourth-order valence-electron chi connectivity index (χ4n) is 5.28. The molecule has 200 valence electrons. The summed E-state index contributed by atoms with van der Waals surface area (Å²) >= 11 is 1.91. The molecule has 3 heterocycles. The van der Waals surface area contributed by atoms with E-state index in [-0.39, 0.29) is 0 Å². The first-order valence-electron chi connectivity index (χ1n) is 13.8. The van der Waals surface area contributed by atoms with Gasteiger partial charge in [-0.15, -0.1) is 11.3 Å². The zero-order chi connectivity index (χ0) is 27.1. The second-order valence-corrected chi connectivity index (χ2v) is 10.9. The maximum atomic E-state index is 7.41. The number of aromatic nitrogens is 2. The topological polar surface area (TPSA) is 67.8 Å². The van der Waals surface area contributed by atoms with Crippen LogP contribution >= 0.6 is 11.3 Å². The summed E-state index contributed by atoms with van der Waals surface area (Å²) in [4.78, 5) is 5.36. The highest BCUT2D eigenvalue weighted by Crippen LogP contribution is 2.47. The van der Waals surface area contributed by atoms with Gasteiger partial charge in [-0.3, -0.25) is 10.00 Å². The van der Waals surface area contributed by atoms with E-state index in [1.54, 1.807) is 0 Å². The Morgan fingerprint density at radius 3 is 2.37 bits per heavy atom. The summed E-state index contributed by atoms with van der Waals surface area (Å²) in [6.07, 6.45) is 6.36. The average molecular weight is 528 g/mol. The van der Waals surface area contributed by atoms with Crippen molar-refractivity contribution in [1.82, 2.24) is 20.4 Å². The van der Waals surface area contributed by atoms with Gasteiger partial charge >= 0.3 is 0 Å². The van der Waals surface area contributed by atoms with Crippen molar-refractivity contribution in [3.05, 3.63) is 75.7 Å². The number of fused-ring (bicyclic) bond motifs is 3. The van der Waals surface area contributed by atoms with E-state index in [9.17, 15) is 0 Å². The normalized spacial score (nSPS) is 14.0. The first kappa shape index (κ1) is 28.0. The number of H-pyrrole nitrogens is 1. The van der Waals surface area contributed by atoms with Crippen molar-refractivity contribution in [3.63, 3.8) is 0 Å². The summed E-state index contributed by atoms with van der Waals surface area (Å²) in [6, 6.07) is 17.4. The molecule has 0 atom stereocenters. The Labute approximate surface area is 231 Å². The lowest BCUT2D eigenvalue weighted by Gasteiger charge is -2.26. The number of hydrogen-bond donors (Lipinski definition) is 3. The van der Waals surface area contributed by atoms with E-state index in [1.807, 2.05) is 51.4 Å². The van der Waals surface area contributed by atoms with Crippen LogP contribution in [0.4, 0.5) is 0 Å². The Morgan fingerprint density at radius 2 is 1.71 bits per heavy atom. The highest BCUT2D eigenvalue weighted by Gasteiger charge is 2.28. The van der Waals surface area contributed by atoms with Crippen LogP contribution in [0.2, 0.25) is 0 Å². The van der Waals surface area contributed by atoms with Crippen molar-refractivity contribution in [2.75, 3.05) is 27.2 Å². The average Bonchev–Trinajstić information content (AvgIpc) is 3.63. The monoisotopic (exact) mass is 527 g/mol. The van der Waals surface area contributed by atoms with Crippen molar-refractivity contribution in [1.29, 1.82) is 5.41 Å². The van der Waals surface area contributed by atoms with E-state index in [4.69, 9.17) is 5.41 Å². The summed E-state index contributed by atoms with van der Waals surface area (Å²) in [5, 5.41) is 18.1. The molecule has 2 aromatic carbocycles. The molecule has 6 rings (SSSR count). The Morgan fingerprint density at radius 1 is 1.00 bits per heavy atom. The highest BCUT2D eigenvalue weighted by molar-refractivity contribution is 7.16. The van der Waals surface area contributed by atoms with Crippen LogP contribution in [0.3, 0.4) is 0 Å². The molecule has 4 aromatic rings. The Bertz CT molecular complexity index is 1340. The number of benzene rings is 2. The fraction of sp³-hybridized carbons (Fsp3) is 0.375. The van der Waals surface area contributed by atoms with Crippen LogP contribution in [0.1, 0.15) is 60.2 Å². The fourth-order valence-corrected chi connectivity index (χ4v) is 6.55. The van der Waals surface area contributed by atoms with Crippen molar-refractivity contribution in [2.24, 2.45) is 0 Å². The molecule has 1 aliphatic heterocycles. The van der Waals surface area contributed by atoms with E-state index in [1.165, 1.54) is 76.1 Å². The summed E-state index contributed by atoms with van der Waals surface area (Å²) in [5.74, 6) is 0. The van der Waals surface area contributed by atoms with Crippen molar-refractivity contribution in [2.45, 2.75) is 53.0 Å². The van der Waals surface area contributed by atoms with Gasteiger partial charge in [-0.25, -0.2) is 0 Å². The molecule has 0 bridgehead atoms. The first-order valence-corrected chi connectivity index (χ1v) is 14.6. The number of piperidine rings is 1. The van der Waals surface area contributed by atoms with Crippen molar-refractivity contribution < 1.29 is 0 Å². The zero-order valence-electron chi connectivity index (χ0n) is 23.4. The van der Waals surface area contributed by atoms with Crippen LogP contribution in [0.25, 0.3) is 33.0 Å². The number of rotatable bonds is 5. The molecule has 2 aliphatic rings. The second kappa shape index (κ2) is 13.1. The van der Waals surface area contributed by atoms with Gasteiger partial charge in [-0.1, -0.05) is 62.7 Å². The van der Waals surface area contributed by atoms with Crippen LogP contribution in [-0.2, 0) is 13.0 Å². The van der Waals surface area contributed by atoms with Crippen LogP contribution in [0, 0.1) is 12.3 Å². The standard InChI is InChI=1S/C28H28N4S.C2H7N.C2H6/c1-18-13-20(17-32-11-3-2-4-12-32)7-10-22(18)25-14-23-26(33-25)15-24-27(30-31-28(23)24)21-8-5-19(16-29)6-9-21;1-3-2;1-2/h5-10,13-14,16,29H,2-4,11-12,15,17H2,1H3,(H,30,31);3H,1-2H3;1-2H3. The molecule has 0 amide bonds. The highest BCUT2D eigenvalue weighted by atomic mass is 32.1. The van der Waals surface area contributed by atoms with E-state index in [2.05, 4.69) is 63.7 Å². The lowest BCUT2D eigenvalue weighted by molar-refractivity contribution is 0.221. The quantitative estimate of drug-likeness (QED) is 0.207. The summed E-state index contributed by atoms with van der Waals surface area (Å²) in [5.41, 5.74) is 10.9. The minimum absolute atomic E-state index is 0.909. The molecule has 2 aromatic heterocycles. The molecular formula is C32H41N5S. The third-order valence-electron chi connectivity index (χ3n) is 7.04. The SMILES string of the molecule is CC.CNC.Cc1cc(CN2CCCCC2)ccc1-c1cc2c(s1)Cc1c(-c3ccc(C=N)cc3)n[nH]c1-2. The zero-order valence-corrected chi connectivity index (χ0v) is 24.3. The Kier molecular flexibility index (Phi) is 9.67. The Balaban J connectivity index is 0.000000630. The van der Waals surface area contributed by atoms with Gasteiger partial charge < -0.3 is 10.7 Å². The molecule has 3 N–H and O–H groups in total. The third kappa shape index (κ3) is 5.98. The molecule has 6 heteroatoms. The molecule has 1 saturated heterocycles. The number of nitrogens with one attached hydrogen (secondary N) is 3. The van der Waals surface area contributed by atoms with Gasteiger partial charge in [0.1, 0.15) is 0 Å².